The highest BCUT2D eigenvalue weighted by Gasteiger charge is 2.20. The molecule has 3 aromatic rings. The van der Waals surface area contributed by atoms with E-state index < -0.39 is 0 Å². The van der Waals surface area contributed by atoms with Crippen molar-refractivity contribution in [1.29, 1.82) is 0 Å². The van der Waals surface area contributed by atoms with Crippen molar-refractivity contribution in [3.63, 3.8) is 0 Å². The molecular formula is C28H37N5OS. The van der Waals surface area contributed by atoms with Crippen LogP contribution in [0.2, 0.25) is 0 Å². The molecule has 1 amide bonds. The van der Waals surface area contributed by atoms with Crippen molar-refractivity contribution < 1.29 is 4.79 Å². The van der Waals surface area contributed by atoms with Crippen LogP contribution in [0.5, 0.6) is 0 Å². The Bertz CT molecular complexity index is 1140. The van der Waals surface area contributed by atoms with Gasteiger partial charge in [-0.25, -0.2) is 15.0 Å². The number of aromatic nitrogens is 3. The fraction of sp³-hybridized carbons (Fsp3) is 0.500. The molecule has 2 heterocycles. The molecule has 1 fully saturated rings. The molecule has 6 nitrogen and oxygen atoms in total. The van der Waals surface area contributed by atoms with Crippen LogP contribution in [0, 0.1) is 12.8 Å². The van der Waals surface area contributed by atoms with E-state index in [2.05, 4.69) is 66.5 Å². The highest BCUT2D eigenvalue weighted by Crippen LogP contribution is 2.28. The number of aryl methyl sites for hydroxylation is 1. The number of nitrogens with zero attached hydrogens (tertiary/aromatic N) is 3. The molecule has 0 unspecified atom stereocenters. The van der Waals surface area contributed by atoms with Crippen LogP contribution in [0.3, 0.4) is 0 Å². The van der Waals surface area contributed by atoms with Gasteiger partial charge in [-0.3, -0.25) is 4.79 Å². The van der Waals surface area contributed by atoms with Gasteiger partial charge in [0, 0.05) is 30.3 Å². The van der Waals surface area contributed by atoms with Crippen molar-refractivity contribution in [2.24, 2.45) is 5.92 Å². The number of rotatable bonds is 8. The minimum atomic E-state index is -0.0822. The predicted molar refractivity (Wildman–Crippen MR) is 144 cm³/mol. The highest BCUT2D eigenvalue weighted by molar-refractivity contribution is 7.13. The van der Waals surface area contributed by atoms with Crippen LogP contribution < -0.4 is 10.6 Å². The third-order valence-corrected chi connectivity index (χ3v) is 8.09. The van der Waals surface area contributed by atoms with Crippen molar-refractivity contribution in [2.75, 3.05) is 11.9 Å². The van der Waals surface area contributed by atoms with E-state index in [4.69, 9.17) is 4.98 Å². The number of amides is 1. The average Bonchev–Trinajstić information content (AvgIpc) is 3.35. The van der Waals surface area contributed by atoms with Crippen LogP contribution in [-0.2, 0) is 12.0 Å². The minimum Gasteiger partial charge on any atom is -0.354 e. The van der Waals surface area contributed by atoms with Gasteiger partial charge < -0.3 is 10.6 Å². The summed E-state index contributed by atoms with van der Waals surface area (Å²) in [6, 6.07) is 8.20. The van der Waals surface area contributed by atoms with Crippen molar-refractivity contribution in [2.45, 2.75) is 78.2 Å². The van der Waals surface area contributed by atoms with Gasteiger partial charge >= 0.3 is 0 Å². The first-order chi connectivity index (χ1) is 16.8. The third kappa shape index (κ3) is 6.88. The molecule has 35 heavy (non-hydrogen) atoms. The number of hydrogen-bond acceptors (Lipinski definition) is 6. The summed E-state index contributed by atoms with van der Waals surface area (Å²) in [6.45, 7) is 9.78. The van der Waals surface area contributed by atoms with E-state index in [1.807, 2.05) is 12.3 Å². The zero-order chi connectivity index (χ0) is 24.8. The molecule has 1 aliphatic carbocycles. The van der Waals surface area contributed by atoms with E-state index in [-0.39, 0.29) is 11.3 Å². The maximum absolute atomic E-state index is 12.6. The average molecular weight is 492 g/mol. The lowest BCUT2D eigenvalue weighted by Gasteiger charge is -2.21. The topological polar surface area (TPSA) is 79.8 Å². The molecule has 2 N–H and O–H groups in total. The van der Waals surface area contributed by atoms with E-state index in [1.54, 1.807) is 6.20 Å². The lowest BCUT2D eigenvalue weighted by molar-refractivity contribution is 0.0954. The van der Waals surface area contributed by atoms with Crippen molar-refractivity contribution in [3.8, 4) is 11.3 Å². The fourth-order valence-corrected chi connectivity index (χ4v) is 5.40. The normalized spacial score (nSPS) is 14.6. The van der Waals surface area contributed by atoms with Gasteiger partial charge in [0.2, 0.25) is 5.95 Å². The zero-order valence-corrected chi connectivity index (χ0v) is 22.2. The standard InChI is InChI=1S/C28H37N5OS/c1-19-16-21(23-13-15-30-27(33-23)29-14-12-20-8-6-5-7-9-20)10-11-22(19)17-31-25(34)24-18-32-26(35-24)28(2,3)4/h10-11,13,15-16,18,20H,5-9,12,14,17H2,1-4H3,(H,31,34)(H,29,30,33). The van der Waals surface area contributed by atoms with Crippen LogP contribution in [0.25, 0.3) is 11.3 Å². The number of carbonyl (C=O) groups excluding carboxylic acids is 1. The monoisotopic (exact) mass is 491 g/mol. The van der Waals surface area contributed by atoms with Crippen molar-refractivity contribution in [1.82, 2.24) is 20.3 Å². The first-order valence-corrected chi connectivity index (χ1v) is 13.5. The molecule has 4 rings (SSSR count). The largest absolute Gasteiger partial charge is 0.354 e. The number of benzene rings is 1. The summed E-state index contributed by atoms with van der Waals surface area (Å²) in [5.74, 6) is 1.44. The molecule has 1 aromatic carbocycles. The maximum Gasteiger partial charge on any atom is 0.263 e. The lowest BCUT2D eigenvalue weighted by Crippen LogP contribution is -2.22. The number of anilines is 1. The summed E-state index contributed by atoms with van der Waals surface area (Å²) in [5, 5.41) is 7.42. The van der Waals surface area contributed by atoms with Crippen molar-refractivity contribution in [3.05, 3.63) is 57.7 Å². The summed E-state index contributed by atoms with van der Waals surface area (Å²) in [7, 11) is 0. The molecule has 1 saturated carbocycles. The Kier molecular flexibility index (Phi) is 8.16. The summed E-state index contributed by atoms with van der Waals surface area (Å²) < 4.78 is 0. The molecule has 0 saturated heterocycles. The zero-order valence-electron chi connectivity index (χ0n) is 21.4. The molecule has 0 radical (unpaired) electrons. The van der Waals surface area contributed by atoms with Gasteiger partial charge in [0.1, 0.15) is 4.88 Å². The van der Waals surface area contributed by atoms with E-state index in [1.165, 1.54) is 49.9 Å². The van der Waals surface area contributed by atoms with Gasteiger partial charge in [0.05, 0.1) is 16.9 Å². The van der Waals surface area contributed by atoms with Crippen LogP contribution in [0.15, 0.2) is 36.7 Å². The summed E-state index contributed by atoms with van der Waals surface area (Å²) >= 11 is 1.46. The van der Waals surface area contributed by atoms with Crippen molar-refractivity contribution >= 4 is 23.2 Å². The Morgan fingerprint density at radius 2 is 1.91 bits per heavy atom. The second-order valence-corrected chi connectivity index (χ2v) is 11.6. The molecule has 0 aliphatic heterocycles. The van der Waals surface area contributed by atoms with E-state index in [0.29, 0.717) is 17.4 Å². The Hall–Kier alpha value is -2.80. The van der Waals surface area contributed by atoms with Crippen LogP contribution in [0.4, 0.5) is 5.95 Å². The third-order valence-electron chi connectivity index (χ3n) is 6.66. The second kappa shape index (κ2) is 11.3. The Morgan fingerprint density at radius 3 is 2.63 bits per heavy atom. The molecule has 2 aromatic heterocycles. The smallest absolute Gasteiger partial charge is 0.263 e. The summed E-state index contributed by atoms with van der Waals surface area (Å²) in [6.07, 6.45) is 11.5. The first-order valence-electron chi connectivity index (χ1n) is 12.7. The molecule has 0 bridgehead atoms. The maximum atomic E-state index is 12.6. The molecule has 0 spiro atoms. The lowest BCUT2D eigenvalue weighted by atomic mass is 9.87. The summed E-state index contributed by atoms with van der Waals surface area (Å²) in [4.78, 5) is 26.8. The van der Waals surface area contributed by atoms with Gasteiger partial charge in [-0.2, -0.15) is 0 Å². The van der Waals surface area contributed by atoms with Gasteiger partial charge in [-0.15, -0.1) is 11.3 Å². The van der Waals surface area contributed by atoms with E-state index >= 15 is 0 Å². The number of hydrogen-bond donors (Lipinski definition) is 2. The van der Waals surface area contributed by atoms with Gasteiger partial charge in [-0.1, -0.05) is 65.0 Å². The Morgan fingerprint density at radius 1 is 1.11 bits per heavy atom. The molecule has 186 valence electrons. The van der Waals surface area contributed by atoms with Gasteiger partial charge in [0.25, 0.3) is 5.91 Å². The van der Waals surface area contributed by atoms with Gasteiger partial charge in [-0.05, 0) is 42.5 Å². The predicted octanol–water partition coefficient (Wildman–Crippen LogP) is 6.52. The SMILES string of the molecule is Cc1cc(-c2ccnc(NCCC3CCCCC3)n2)ccc1CNC(=O)c1cnc(C(C)(C)C)s1. The Labute approximate surface area is 213 Å². The summed E-state index contributed by atoms with van der Waals surface area (Å²) in [5.41, 5.74) is 4.10. The highest BCUT2D eigenvalue weighted by atomic mass is 32.1. The number of carbonyl (C=O) groups is 1. The fourth-order valence-electron chi connectivity index (χ4n) is 4.51. The molecule has 1 aliphatic rings. The number of thiazole rings is 1. The molecular weight excluding hydrogens is 454 g/mol. The van der Waals surface area contributed by atoms with E-state index in [0.717, 1.165) is 39.9 Å². The second-order valence-electron chi connectivity index (χ2n) is 10.6. The molecule has 7 heteroatoms. The van der Waals surface area contributed by atoms with Crippen LogP contribution in [0.1, 0.15) is 85.1 Å². The van der Waals surface area contributed by atoms with Gasteiger partial charge in [0.15, 0.2) is 0 Å². The van der Waals surface area contributed by atoms with Crippen LogP contribution >= 0.6 is 11.3 Å². The quantitative estimate of drug-likeness (QED) is 0.375. The number of nitrogens with one attached hydrogen (secondary N) is 2. The van der Waals surface area contributed by atoms with E-state index in [9.17, 15) is 4.79 Å². The van der Waals surface area contributed by atoms with Crippen LogP contribution in [-0.4, -0.2) is 27.4 Å². The Balaban J connectivity index is 1.34. The first kappa shape index (κ1) is 25.3. The molecule has 0 atom stereocenters. The minimum absolute atomic E-state index is 0.0542.